The average Bonchev–Trinajstić information content (AvgIpc) is 2.90. The average molecular weight is 441 g/mol. The summed E-state index contributed by atoms with van der Waals surface area (Å²) in [5.74, 6) is -0.563. The van der Waals surface area contributed by atoms with Gasteiger partial charge in [-0.2, -0.15) is 13.5 Å². The molecule has 6 nitrogen and oxygen atoms in total. The predicted octanol–water partition coefficient (Wildman–Crippen LogP) is 3.95. The molecule has 1 heterocycles. The summed E-state index contributed by atoms with van der Waals surface area (Å²) in [6, 6.07) is 10.5. The van der Waals surface area contributed by atoms with Gasteiger partial charge in [-0.05, 0) is 44.2 Å². The fourth-order valence-corrected chi connectivity index (χ4v) is 4.47. The Morgan fingerprint density at radius 3 is 2.29 bits per heavy atom. The molecule has 2 aromatic carbocycles. The van der Waals surface area contributed by atoms with E-state index < -0.39 is 21.5 Å². The normalized spacial score (nSPS) is 19.6. The van der Waals surface area contributed by atoms with Crippen molar-refractivity contribution in [3.63, 3.8) is 0 Å². The molecule has 0 amide bonds. The van der Waals surface area contributed by atoms with Crippen molar-refractivity contribution in [2.24, 2.45) is 5.10 Å². The smallest absolute Gasteiger partial charge is 0.296 e. The molecule has 1 unspecified atom stereocenters. The van der Waals surface area contributed by atoms with Crippen LogP contribution in [0.5, 0.6) is 0 Å². The minimum absolute atomic E-state index is 0.0400. The number of likely N-dealkylation sites (N-methyl/N-ethyl adjacent to an activating group) is 1. The van der Waals surface area contributed by atoms with Crippen LogP contribution in [0, 0.1) is 6.92 Å². The second kappa shape index (κ2) is 7.48. The number of hydrogen-bond acceptors (Lipinski definition) is 6. The molecule has 2 aromatic rings. The van der Waals surface area contributed by atoms with Crippen LogP contribution in [-0.4, -0.2) is 44.1 Å². The van der Waals surface area contributed by atoms with Crippen LogP contribution in [0.4, 0.5) is 0 Å². The molecule has 0 aliphatic carbocycles. The first-order valence-electron chi connectivity index (χ1n) is 8.34. The van der Waals surface area contributed by atoms with Gasteiger partial charge in [0.15, 0.2) is 0 Å². The molecule has 3 rings (SSSR count). The molecule has 1 atom stereocenters. The summed E-state index contributed by atoms with van der Waals surface area (Å²) >= 11 is 12.0. The predicted molar refractivity (Wildman–Crippen MR) is 109 cm³/mol. The molecule has 1 aliphatic rings. The summed E-state index contributed by atoms with van der Waals surface area (Å²) in [5, 5.41) is 6.14. The summed E-state index contributed by atoms with van der Waals surface area (Å²) in [6.45, 7) is 3.35. The van der Waals surface area contributed by atoms with Gasteiger partial charge in [0, 0.05) is 12.6 Å². The Labute approximate surface area is 173 Å². The molecule has 0 radical (unpaired) electrons. The van der Waals surface area contributed by atoms with E-state index in [2.05, 4.69) is 5.10 Å². The third-order valence-electron chi connectivity index (χ3n) is 4.47. The number of benzene rings is 2. The molecular weight excluding hydrogens is 423 g/mol. The highest BCUT2D eigenvalue weighted by Gasteiger charge is 2.51. The maximum Gasteiger partial charge on any atom is 0.298 e. The van der Waals surface area contributed by atoms with Crippen LogP contribution < -0.4 is 0 Å². The fourth-order valence-electron chi connectivity index (χ4n) is 2.98. The molecule has 28 heavy (non-hydrogen) atoms. The van der Waals surface area contributed by atoms with E-state index in [9.17, 15) is 13.2 Å². The Kier molecular flexibility index (Phi) is 5.55. The standard InChI is InChI=1S/C19H18Cl2N2O4S/c1-12-4-7-15(8-5-12)28(25,26)27-19(11-23(3)22-13(19)2)18(24)14-6-9-16(20)17(21)10-14/h4-10H,11H2,1-3H3. The van der Waals surface area contributed by atoms with E-state index in [-0.39, 0.29) is 32.8 Å². The minimum atomic E-state index is -4.23. The third-order valence-corrected chi connectivity index (χ3v) is 6.56. The second-order valence-corrected chi connectivity index (χ2v) is 9.00. The number of halogens is 2. The molecule has 148 valence electrons. The van der Waals surface area contributed by atoms with Gasteiger partial charge in [0.1, 0.15) is 0 Å². The summed E-state index contributed by atoms with van der Waals surface area (Å²) in [4.78, 5) is 13.3. The zero-order valence-electron chi connectivity index (χ0n) is 15.4. The maximum atomic E-state index is 13.4. The highest BCUT2D eigenvalue weighted by Crippen LogP contribution is 2.32. The number of carbonyl (C=O) groups is 1. The third kappa shape index (κ3) is 3.80. The fraction of sp³-hybridized carbons (Fsp3) is 0.263. The molecule has 0 aromatic heterocycles. The Balaban J connectivity index is 2.06. The van der Waals surface area contributed by atoms with Crippen LogP contribution in [0.25, 0.3) is 0 Å². The molecule has 0 saturated carbocycles. The molecule has 0 saturated heterocycles. The quantitative estimate of drug-likeness (QED) is 0.519. The van der Waals surface area contributed by atoms with Crippen molar-refractivity contribution in [2.75, 3.05) is 13.6 Å². The lowest BCUT2D eigenvalue weighted by atomic mass is 9.89. The van der Waals surface area contributed by atoms with Gasteiger partial charge < -0.3 is 0 Å². The van der Waals surface area contributed by atoms with E-state index in [1.807, 2.05) is 6.92 Å². The molecule has 0 bridgehead atoms. The molecule has 0 N–H and O–H groups in total. The van der Waals surface area contributed by atoms with Crippen LogP contribution in [0.1, 0.15) is 22.8 Å². The van der Waals surface area contributed by atoms with Crippen molar-refractivity contribution in [1.29, 1.82) is 0 Å². The number of Topliss-reactive ketones (excluding diaryl/α,β-unsaturated/α-hetero) is 1. The van der Waals surface area contributed by atoms with Crippen molar-refractivity contribution in [3.8, 4) is 0 Å². The van der Waals surface area contributed by atoms with E-state index in [4.69, 9.17) is 27.4 Å². The number of aryl methyl sites for hydroxylation is 1. The number of hydrazone groups is 1. The first-order chi connectivity index (χ1) is 13.0. The topological polar surface area (TPSA) is 76.0 Å². The van der Waals surface area contributed by atoms with Crippen LogP contribution in [0.15, 0.2) is 52.5 Å². The highest BCUT2D eigenvalue weighted by atomic mass is 35.5. The monoisotopic (exact) mass is 440 g/mol. The molecule has 0 fully saturated rings. The van der Waals surface area contributed by atoms with E-state index in [0.717, 1.165) is 5.56 Å². The SMILES string of the molecule is CC1=NN(C)CC1(OS(=O)(=O)c1ccc(C)cc1)C(=O)c1ccc(Cl)c(Cl)c1. The number of nitrogens with zero attached hydrogens (tertiary/aromatic N) is 2. The zero-order chi connectivity index (χ0) is 20.7. The first-order valence-corrected chi connectivity index (χ1v) is 10.5. The first kappa shape index (κ1) is 20.8. The van der Waals surface area contributed by atoms with Crippen molar-refractivity contribution in [1.82, 2.24) is 5.01 Å². The Hall–Kier alpha value is -1.93. The summed E-state index contributed by atoms with van der Waals surface area (Å²) in [7, 11) is -2.60. The molecular formula is C19H18Cl2N2O4S. The van der Waals surface area contributed by atoms with Crippen molar-refractivity contribution >= 4 is 44.8 Å². The van der Waals surface area contributed by atoms with Gasteiger partial charge in [-0.15, -0.1) is 0 Å². The van der Waals surface area contributed by atoms with E-state index in [0.29, 0.717) is 0 Å². The Morgan fingerprint density at radius 2 is 1.75 bits per heavy atom. The zero-order valence-corrected chi connectivity index (χ0v) is 17.8. The number of rotatable bonds is 5. The lowest BCUT2D eigenvalue weighted by molar-refractivity contribution is 0.0653. The number of carbonyl (C=O) groups excluding carboxylic acids is 1. The van der Waals surface area contributed by atoms with Crippen molar-refractivity contribution in [3.05, 3.63) is 63.6 Å². The minimum Gasteiger partial charge on any atom is -0.296 e. The lowest BCUT2D eigenvalue weighted by Crippen LogP contribution is -2.51. The van der Waals surface area contributed by atoms with Crippen LogP contribution >= 0.6 is 23.2 Å². The summed E-state index contributed by atoms with van der Waals surface area (Å²) in [6.07, 6.45) is 0. The Morgan fingerprint density at radius 1 is 1.11 bits per heavy atom. The van der Waals surface area contributed by atoms with Gasteiger partial charge in [-0.3, -0.25) is 9.80 Å². The molecule has 9 heteroatoms. The van der Waals surface area contributed by atoms with E-state index >= 15 is 0 Å². The van der Waals surface area contributed by atoms with E-state index in [1.165, 1.54) is 35.3 Å². The van der Waals surface area contributed by atoms with Crippen LogP contribution in [0.2, 0.25) is 10.0 Å². The number of ketones is 1. The second-order valence-electron chi connectivity index (χ2n) is 6.64. The lowest BCUT2D eigenvalue weighted by Gasteiger charge is -2.27. The van der Waals surface area contributed by atoms with E-state index in [1.54, 1.807) is 26.1 Å². The summed E-state index contributed by atoms with van der Waals surface area (Å²) < 4.78 is 31.4. The van der Waals surface area contributed by atoms with Crippen LogP contribution in [0.3, 0.4) is 0 Å². The van der Waals surface area contributed by atoms with Crippen LogP contribution in [-0.2, 0) is 14.3 Å². The summed E-state index contributed by atoms with van der Waals surface area (Å²) in [5.41, 5.74) is -0.477. The van der Waals surface area contributed by atoms with Gasteiger partial charge in [0.05, 0.1) is 27.2 Å². The van der Waals surface area contributed by atoms with Crippen molar-refractivity contribution in [2.45, 2.75) is 24.3 Å². The largest absolute Gasteiger partial charge is 0.298 e. The molecule has 1 aliphatic heterocycles. The van der Waals surface area contributed by atoms with Gasteiger partial charge in [-0.1, -0.05) is 40.9 Å². The van der Waals surface area contributed by atoms with Gasteiger partial charge in [0.2, 0.25) is 11.4 Å². The highest BCUT2D eigenvalue weighted by molar-refractivity contribution is 7.86. The van der Waals surface area contributed by atoms with Gasteiger partial charge in [0.25, 0.3) is 10.1 Å². The Bertz CT molecular complexity index is 1070. The van der Waals surface area contributed by atoms with Gasteiger partial charge in [-0.25, -0.2) is 4.18 Å². The maximum absolute atomic E-state index is 13.4. The number of hydrogen-bond donors (Lipinski definition) is 0. The van der Waals surface area contributed by atoms with Gasteiger partial charge >= 0.3 is 0 Å². The molecule has 0 spiro atoms. The van der Waals surface area contributed by atoms with Crippen molar-refractivity contribution < 1.29 is 17.4 Å².